The van der Waals surface area contributed by atoms with Crippen molar-refractivity contribution in [1.29, 1.82) is 0 Å². The van der Waals surface area contributed by atoms with Gasteiger partial charge in [-0.1, -0.05) is 32.1 Å². The molecule has 2 atom stereocenters. The highest BCUT2D eigenvalue weighted by atomic mass is 16.5. The molecule has 0 aromatic carbocycles. The van der Waals surface area contributed by atoms with Gasteiger partial charge in [0.15, 0.2) is 0 Å². The minimum atomic E-state index is -0.341. The zero-order valence-electron chi connectivity index (χ0n) is 12.8. The van der Waals surface area contributed by atoms with Gasteiger partial charge in [-0.3, -0.25) is 4.79 Å². The van der Waals surface area contributed by atoms with Crippen molar-refractivity contribution in [2.24, 2.45) is 11.7 Å². The second-order valence-electron chi connectivity index (χ2n) is 6.73. The van der Waals surface area contributed by atoms with Gasteiger partial charge >= 0.3 is 0 Å². The van der Waals surface area contributed by atoms with Crippen LogP contribution in [-0.2, 0) is 9.53 Å². The van der Waals surface area contributed by atoms with Crippen molar-refractivity contribution >= 4 is 5.91 Å². The second kappa shape index (κ2) is 7.41. The number of nitrogens with one attached hydrogen (secondary N) is 1. The molecule has 0 aromatic rings. The number of ether oxygens (including phenoxy) is 1. The van der Waals surface area contributed by atoms with Gasteiger partial charge in [-0.15, -0.1) is 0 Å². The fraction of sp³-hybridized carbons (Fsp3) is 0.938. The quantitative estimate of drug-likeness (QED) is 0.761. The number of hydrogen-bond donors (Lipinski definition) is 2. The molecule has 2 unspecified atom stereocenters. The van der Waals surface area contributed by atoms with E-state index in [2.05, 4.69) is 5.32 Å². The fourth-order valence-electron chi connectivity index (χ4n) is 3.54. The van der Waals surface area contributed by atoms with E-state index in [1.807, 2.05) is 6.92 Å². The van der Waals surface area contributed by atoms with Crippen LogP contribution in [0, 0.1) is 5.92 Å². The van der Waals surface area contributed by atoms with Crippen molar-refractivity contribution in [1.82, 2.24) is 5.32 Å². The van der Waals surface area contributed by atoms with Crippen LogP contribution in [0.15, 0.2) is 0 Å². The number of carbonyl (C=O) groups is 1. The zero-order valence-corrected chi connectivity index (χ0v) is 12.8. The summed E-state index contributed by atoms with van der Waals surface area (Å²) in [5, 5.41) is 3.00. The minimum Gasteiger partial charge on any atom is -0.376 e. The molecule has 116 valence electrons. The zero-order chi connectivity index (χ0) is 14.4. The molecule has 0 radical (unpaired) electrons. The van der Waals surface area contributed by atoms with Crippen molar-refractivity contribution < 1.29 is 9.53 Å². The summed E-state index contributed by atoms with van der Waals surface area (Å²) < 4.78 is 5.83. The summed E-state index contributed by atoms with van der Waals surface area (Å²) >= 11 is 0. The predicted octanol–water partition coefficient (Wildman–Crippen LogP) is 2.36. The van der Waals surface area contributed by atoms with Gasteiger partial charge in [0.25, 0.3) is 0 Å². The molecule has 0 bridgehead atoms. The Morgan fingerprint density at radius 1 is 1.20 bits per heavy atom. The molecule has 4 heteroatoms. The second-order valence-corrected chi connectivity index (χ2v) is 6.73. The van der Waals surface area contributed by atoms with E-state index >= 15 is 0 Å². The molecule has 1 amide bonds. The highest BCUT2D eigenvalue weighted by molar-refractivity contribution is 5.80. The smallest absolute Gasteiger partial charge is 0.225 e. The first-order chi connectivity index (χ1) is 9.59. The molecule has 2 fully saturated rings. The summed E-state index contributed by atoms with van der Waals surface area (Å²) in [6.45, 7) is 3.25. The lowest BCUT2D eigenvalue weighted by Gasteiger charge is -2.37. The van der Waals surface area contributed by atoms with Crippen molar-refractivity contribution in [3.63, 3.8) is 0 Å². The highest BCUT2D eigenvalue weighted by Gasteiger charge is 2.37. The lowest BCUT2D eigenvalue weighted by Crippen LogP contribution is -2.53. The van der Waals surface area contributed by atoms with E-state index in [0.29, 0.717) is 19.3 Å². The first-order valence-electron chi connectivity index (χ1n) is 8.28. The molecule has 2 aliphatic carbocycles. The summed E-state index contributed by atoms with van der Waals surface area (Å²) in [6, 6.07) is 0. The molecule has 0 saturated heterocycles. The molecular weight excluding hydrogens is 252 g/mol. The summed E-state index contributed by atoms with van der Waals surface area (Å²) in [4.78, 5) is 12.2. The highest BCUT2D eigenvalue weighted by Crippen LogP contribution is 2.31. The van der Waals surface area contributed by atoms with Crippen LogP contribution in [0.5, 0.6) is 0 Å². The number of hydrogen-bond acceptors (Lipinski definition) is 3. The maximum Gasteiger partial charge on any atom is 0.225 e. The molecule has 3 N–H and O–H groups in total. The molecule has 0 aliphatic heterocycles. The lowest BCUT2D eigenvalue weighted by atomic mass is 9.74. The molecule has 2 aliphatic rings. The Labute approximate surface area is 122 Å². The van der Waals surface area contributed by atoms with Crippen LogP contribution < -0.4 is 11.1 Å². The number of nitrogens with two attached hydrogens (primary N) is 1. The molecule has 2 saturated carbocycles. The van der Waals surface area contributed by atoms with Gasteiger partial charge in [-0.25, -0.2) is 0 Å². The SMILES string of the molecule is CC1(N)CCCCC1C(=O)NCCOC1CCCCC1. The van der Waals surface area contributed by atoms with E-state index in [-0.39, 0.29) is 17.4 Å². The first kappa shape index (κ1) is 15.8. The normalized spacial score (nSPS) is 32.0. The van der Waals surface area contributed by atoms with Crippen LogP contribution in [-0.4, -0.2) is 30.7 Å². The minimum absolute atomic E-state index is 0.0362. The number of rotatable bonds is 5. The molecule has 0 heterocycles. The van der Waals surface area contributed by atoms with Gasteiger partial charge in [0, 0.05) is 12.1 Å². The molecule has 4 nitrogen and oxygen atoms in total. The van der Waals surface area contributed by atoms with Gasteiger partial charge < -0.3 is 15.8 Å². The number of amides is 1. The van der Waals surface area contributed by atoms with Gasteiger partial charge in [0.2, 0.25) is 5.91 Å². The average Bonchev–Trinajstić information content (AvgIpc) is 2.44. The third-order valence-electron chi connectivity index (χ3n) is 4.88. The van der Waals surface area contributed by atoms with Crippen molar-refractivity contribution in [3.8, 4) is 0 Å². The summed E-state index contributed by atoms with van der Waals surface area (Å²) in [5.41, 5.74) is 5.91. The Morgan fingerprint density at radius 3 is 2.60 bits per heavy atom. The van der Waals surface area contributed by atoms with Crippen LogP contribution in [0.4, 0.5) is 0 Å². The Bertz CT molecular complexity index is 312. The van der Waals surface area contributed by atoms with Crippen LogP contribution in [0.25, 0.3) is 0 Å². The third kappa shape index (κ3) is 4.45. The number of carbonyl (C=O) groups excluding carboxylic acids is 1. The van der Waals surface area contributed by atoms with Crippen LogP contribution in [0.1, 0.15) is 64.7 Å². The summed E-state index contributed by atoms with van der Waals surface area (Å²) in [5.74, 6) is 0.0767. The van der Waals surface area contributed by atoms with Gasteiger partial charge in [-0.05, 0) is 32.6 Å². The third-order valence-corrected chi connectivity index (χ3v) is 4.88. The largest absolute Gasteiger partial charge is 0.376 e. The first-order valence-corrected chi connectivity index (χ1v) is 8.28. The van der Waals surface area contributed by atoms with E-state index in [4.69, 9.17) is 10.5 Å². The summed E-state index contributed by atoms with van der Waals surface area (Å²) in [7, 11) is 0. The summed E-state index contributed by atoms with van der Waals surface area (Å²) in [6.07, 6.45) is 10.8. The van der Waals surface area contributed by atoms with E-state index in [0.717, 1.165) is 25.7 Å². The molecule has 2 rings (SSSR count). The van der Waals surface area contributed by atoms with E-state index in [1.54, 1.807) is 0 Å². The predicted molar refractivity (Wildman–Crippen MR) is 80.4 cm³/mol. The molecule has 20 heavy (non-hydrogen) atoms. The standard InChI is InChI=1S/C16H30N2O2/c1-16(17)10-6-5-9-14(16)15(19)18-11-12-20-13-7-3-2-4-8-13/h13-14H,2-12,17H2,1H3,(H,18,19). The van der Waals surface area contributed by atoms with Gasteiger partial charge in [-0.2, -0.15) is 0 Å². The molecular formula is C16H30N2O2. The van der Waals surface area contributed by atoms with Crippen LogP contribution >= 0.6 is 0 Å². The Balaban J connectivity index is 1.64. The molecule has 0 spiro atoms. The average molecular weight is 282 g/mol. The van der Waals surface area contributed by atoms with Crippen molar-refractivity contribution in [2.45, 2.75) is 76.4 Å². The Kier molecular flexibility index (Phi) is 5.85. The maximum absolute atomic E-state index is 12.2. The molecule has 0 aromatic heterocycles. The maximum atomic E-state index is 12.2. The Morgan fingerprint density at radius 2 is 1.90 bits per heavy atom. The lowest BCUT2D eigenvalue weighted by molar-refractivity contribution is -0.128. The fourth-order valence-corrected chi connectivity index (χ4v) is 3.54. The van der Waals surface area contributed by atoms with E-state index < -0.39 is 0 Å². The van der Waals surface area contributed by atoms with Crippen LogP contribution in [0.3, 0.4) is 0 Å². The van der Waals surface area contributed by atoms with E-state index in [1.165, 1.54) is 32.1 Å². The van der Waals surface area contributed by atoms with Gasteiger partial charge in [0.05, 0.1) is 18.6 Å². The monoisotopic (exact) mass is 282 g/mol. The van der Waals surface area contributed by atoms with Crippen LogP contribution in [0.2, 0.25) is 0 Å². The Hall–Kier alpha value is -0.610. The van der Waals surface area contributed by atoms with Crippen molar-refractivity contribution in [2.75, 3.05) is 13.2 Å². The van der Waals surface area contributed by atoms with Gasteiger partial charge in [0.1, 0.15) is 0 Å². The topological polar surface area (TPSA) is 64.4 Å². The van der Waals surface area contributed by atoms with E-state index in [9.17, 15) is 4.79 Å². The van der Waals surface area contributed by atoms with Crippen molar-refractivity contribution in [3.05, 3.63) is 0 Å².